The average molecular weight is 233 g/mol. The molecule has 2 N–H and O–H groups in total. The van der Waals surface area contributed by atoms with Crippen LogP contribution in [-0.4, -0.2) is 30.5 Å². The van der Waals surface area contributed by atoms with E-state index in [9.17, 15) is 14.7 Å². The molecule has 0 radical (unpaired) electrons. The van der Waals surface area contributed by atoms with Crippen LogP contribution in [0.2, 0.25) is 0 Å². The van der Waals surface area contributed by atoms with Crippen molar-refractivity contribution in [1.29, 1.82) is 0 Å². The summed E-state index contributed by atoms with van der Waals surface area (Å²) in [7, 11) is 0. The number of carboxylic acids is 1. The Morgan fingerprint density at radius 3 is 3.00 bits per heavy atom. The van der Waals surface area contributed by atoms with Crippen molar-refractivity contribution in [3.63, 3.8) is 0 Å². The summed E-state index contributed by atoms with van der Waals surface area (Å²) in [6, 6.07) is 7.19. The van der Waals surface area contributed by atoms with Crippen LogP contribution < -0.4 is 5.32 Å². The minimum atomic E-state index is -0.756. The van der Waals surface area contributed by atoms with Crippen LogP contribution in [0.25, 0.3) is 0 Å². The minimum absolute atomic E-state index is 0.0545. The number of hydrogen-bond donors (Lipinski definition) is 2. The highest BCUT2D eigenvalue weighted by Gasteiger charge is 2.31. The monoisotopic (exact) mass is 233 g/mol. The molecule has 2 atom stereocenters. The Balaban J connectivity index is 2.28. The van der Waals surface area contributed by atoms with Crippen molar-refractivity contribution >= 4 is 12.3 Å². The molecule has 0 saturated carbocycles. The summed E-state index contributed by atoms with van der Waals surface area (Å²) in [6.07, 6.45) is 1.42. The molecule has 2 unspecified atom stereocenters. The summed E-state index contributed by atoms with van der Waals surface area (Å²) in [5.41, 5.74) is 1.52. The first-order valence-corrected chi connectivity index (χ1v) is 5.71. The lowest BCUT2D eigenvalue weighted by atomic mass is 9.81. The molecule has 2 rings (SSSR count). The van der Waals surface area contributed by atoms with Gasteiger partial charge in [-0.2, -0.15) is 0 Å². The van der Waals surface area contributed by atoms with Crippen LogP contribution >= 0.6 is 0 Å². The first-order chi connectivity index (χ1) is 8.22. The first kappa shape index (κ1) is 11.8. The van der Waals surface area contributed by atoms with E-state index in [1.807, 2.05) is 6.07 Å². The minimum Gasteiger partial charge on any atom is -0.481 e. The lowest BCUT2D eigenvalue weighted by Gasteiger charge is -2.29. The zero-order valence-corrected chi connectivity index (χ0v) is 9.43. The molecule has 1 saturated heterocycles. The van der Waals surface area contributed by atoms with E-state index < -0.39 is 5.97 Å². The van der Waals surface area contributed by atoms with Crippen LogP contribution in [0.1, 0.15) is 28.3 Å². The molecule has 0 spiro atoms. The highest BCUT2D eigenvalue weighted by molar-refractivity contribution is 5.75. The maximum absolute atomic E-state index is 11.2. The van der Waals surface area contributed by atoms with Crippen LogP contribution in [0.15, 0.2) is 24.3 Å². The van der Waals surface area contributed by atoms with E-state index in [0.29, 0.717) is 18.5 Å². The smallest absolute Gasteiger partial charge is 0.307 e. The molecule has 1 aromatic rings. The molecule has 4 heteroatoms. The molecule has 0 aromatic heterocycles. The third-order valence-electron chi connectivity index (χ3n) is 3.27. The van der Waals surface area contributed by atoms with Gasteiger partial charge in [0.05, 0.1) is 5.92 Å². The third-order valence-corrected chi connectivity index (χ3v) is 3.27. The van der Waals surface area contributed by atoms with Gasteiger partial charge >= 0.3 is 5.97 Å². The van der Waals surface area contributed by atoms with Crippen LogP contribution in [0.4, 0.5) is 0 Å². The molecule has 1 heterocycles. The summed E-state index contributed by atoms with van der Waals surface area (Å²) in [5, 5.41) is 12.4. The number of aldehydes is 1. The average Bonchev–Trinajstić information content (AvgIpc) is 2.39. The van der Waals surface area contributed by atoms with Gasteiger partial charge in [0.15, 0.2) is 0 Å². The molecular weight excluding hydrogens is 218 g/mol. The number of hydrogen-bond acceptors (Lipinski definition) is 3. The summed E-state index contributed by atoms with van der Waals surface area (Å²) in [6.45, 7) is 1.39. The van der Waals surface area contributed by atoms with Crippen molar-refractivity contribution in [2.75, 3.05) is 13.1 Å². The van der Waals surface area contributed by atoms with Crippen molar-refractivity contribution in [2.24, 2.45) is 5.92 Å². The van der Waals surface area contributed by atoms with Crippen molar-refractivity contribution < 1.29 is 14.7 Å². The predicted molar refractivity (Wildman–Crippen MR) is 63.2 cm³/mol. The van der Waals surface area contributed by atoms with E-state index in [-0.39, 0.29) is 11.8 Å². The fourth-order valence-corrected chi connectivity index (χ4v) is 2.37. The van der Waals surface area contributed by atoms with Gasteiger partial charge in [-0.15, -0.1) is 0 Å². The fraction of sp³-hybridized carbons (Fsp3) is 0.385. The largest absolute Gasteiger partial charge is 0.481 e. The molecule has 1 aromatic carbocycles. The number of carbonyl (C=O) groups excluding carboxylic acids is 1. The molecule has 17 heavy (non-hydrogen) atoms. The number of aliphatic carboxylic acids is 1. The number of rotatable bonds is 3. The standard InChI is InChI=1S/C13H15NO3/c15-8-9-2-1-3-10(6-9)12-7-14-5-4-11(12)13(16)17/h1-3,6,8,11-12,14H,4-5,7H2,(H,16,17). The topological polar surface area (TPSA) is 66.4 Å². The summed E-state index contributed by atoms with van der Waals surface area (Å²) >= 11 is 0. The van der Waals surface area contributed by atoms with Gasteiger partial charge in [-0.05, 0) is 24.6 Å². The molecule has 1 aliphatic heterocycles. The second kappa shape index (κ2) is 5.10. The van der Waals surface area contributed by atoms with Crippen LogP contribution in [0.3, 0.4) is 0 Å². The highest BCUT2D eigenvalue weighted by atomic mass is 16.4. The normalized spacial score (nSPS) is 24.2. The van der Waals surface area contributed by atoms with Crippen molar-refractivity contribution in [1.82, 2.24) is 5.32 Å². The molecule has 0 amide bonds. The number of carboxylic acid groups (broad SMARTS) is 1. The van der Waals surface area contributed by atoms with E-state index in [1.165, 1.54) is 0 Å². The summed E-state index contributed by atoms with van der Waals surface area (Å²) < 4.78 is 0. The second-order valence-electron chi connectivity index (χ2n) is 4.33. The highest BCUT2D eigenvalue weighted by Crippen LogP contribution is 2.29. The first-order valence-electron chi connectivity index (χ1n) is 5.71. The van der Waals surface area contributed by atoms with Crippen molar-refractivity contribution in [3.05, 3.63) is 35.4 Å². The maximum Gasteiger partial charge on any atom is 0.307 e. The van der Waals surface area contributed by atoms with Crippen LogP contribution in [-0.2, 0) is 4.79 Å². The molecule has 1 fully saturated rings. The van der Waals surface area contributed by atoms with E-state index in [2.05, 4.69) is 5.32 Å². The van der Waals surface area contributed by atoms with Gasteiger partial charge in [0.2, 0.25) is 0 Å². The lowest BCUT2D eigenvalue weighted by molar-refractivity contribution is -0.143. The van der Waals surface area contributed by atoms with Gasteiger partial charge in [0, 0.05) is 18.0 Å². The number of piperidine rings is 1. The van der Waals surface area contributed by atoms with Crippen LogP contribution in [0, 0.1) is 5.92 Å². The lowest BCUT2D eigenvalue weighted by Crippen LogP contribution is -2.38. The van der Waals surface area contributed by atoms with Gasteiger partial charge < -0.3 is 10.4 Å². The fourth-order valence-electron chi connectivity index (χ4n) is 2.37. The Labute approximate surface area is 99.6 Å². The Morgan fingerprint density at radius 1 is 1.47 bits per heavy atom. The third kappa shape index (κ3) is 2.53. The number of benzene rings is 1. The zero-order chi connectivity index (χ0) is 12.3. The van der Waals surface area contributed by atoms with E-state index in [1.54, 1.807) is 18.2 Å². The van der Waals surface area contributed by atoms with E-state index in [0.717, 1.165) is 18.4 Å². The van der Waals surface area contributed by atoms with Gasteiger partial charge in [0.25, 0.3) is 0 Å². The van der Waals surface area contributed by atoms with Gasteiger partial charge in [-0.1, -0.05) is 18.2 Å². The zero-order valence-electron chi connectivity index (χ0n) is 9.43. The number of nitrogens with one attached hydrogen (secondary N) is 1. The Hall–Kier alpha value is -1.68. The van der Waals surface area contributed by atoms with Gasteiger partial charge in [0.1, 0.15) is 6.29 Å². The van der Waals surface area contributed by atoms with Gasteiger partial charge in [-0.25, -0.2) is 0 Å². The van der Waals surface area contributed by atoms with Gasteiger partial charge in [-0.3, -0.25) is 9.59 Å². The maximum atomic E-state index is 11.2. The molecule has 0 bridgehead atoms. The Bertz CT molecular complexity index is 430. The van der Waals surface area contributed by atoms with Crippen molar-refractivity contribution in [2.45, 2.75) is 12.3 Å². The summed E-state index contributed by atoms with van der Waals surface area (Å²) in [4.78, 5) is 21.9. The van der Waals surface area contributed by atoms with E-state index in [4.69, 9.17) is 0 Å². The molecule has 4 nitrogen and oxygen atoms in total. The summed E-state index contributed by atoms with van der Waals surface area (Å²) in [5.74, 6) is -1.17. The second-order valence-corrected chi connectivity index (χ2v) is 4.33. The Morgan fingerprint density at radius 2 is 2.29 bits per heavy atom. The quantitative estimate of drug-likeness (QED) is 0.772. The SMILES string of the molecule is O=Cc1cccc(C2CNCCC2C(=O)O)c1. The number of carbonyl (C=O) groups is 2. The molecule has 0 aliphatic carbocycles. The van der Waals surface area contributed by atoms with Crippen LogP contribution in [0.5, 0.6) is 0 Å². The molecule has 90 valence electrons. The Kier molecular flexibility index (Phi) is 3.54. The predicted octanol–water partition coefficient (Wildman–Crippen LogP) is 1.28. The van der Waals surface area contributed by atoms with E-state index >= 15 is 0 Å². The van der Waals surface area contributed by atoms with Crippen molar-refractivity contribution in [3.8, 4) is 0 Å². The molecule has 1 aliphatic rings. The molecular formula is C13H15NO3.